The van der Waals surface area contributed by atoms with Crippen LogP contribution in [0.4, 0.5) is 0 Å². The van der Waals surface area contributed by atoms with Crippen LogP contribution >= 0.6 is 0 Å². The van der Waals surface area contributed by atoms with Gasteiger partial charge in [-0.15, -0.1) is 0 Å². The van der Waals surface area contributed by atoms with E-state index >= 15 is 0 Å². The van der Waals surface area contributed by atoms with Gasteiger partial charge in [0.1, 0.15) is 0 Å². The predicted octanol–water partition coefficient (Wildman–Crippen LogP) is 1.97. The molecule has 3 aliphatic rings. The molecule has 0 radical (unpaired) electrons. The lowest BCUT2D eigenvalue weighted by atomic mass is 9.77. The average Bonchev–Trinajstić information content (AvgIpc) is 2.75. The molecule has 3 aliphatic heterocycles. The summed E-state index contributed by atoms with van der Waals surface area (Å²) in [5.74, 6) is 0. The van der Waals surface area contributed by atoms with Crippen LogP contribution in [-0.2, 0) is 4.74 Å². The van der Waals surface area contributed by atoms with E-state index < -0.39 is 0 Å². The van der Waals surface area contributed by atoms with Gasteiger partial charge in [-0.1, -0.05) is 0 Å². The van der Waals surface area contributed by atoms with Crippen LogP contribution in [0, 0.1) is 5.41 Å². The average molecular weight is 252 g/mol. The molecule has 3 heteroatoms. The minimum atomic E-state index is 0.527. The summed E-state index contributed by atoms with van der Waals surface area (Å²) in [5, 5.41) is 0. The van der Waals surface area contributed by atoms with Crippen LogP contribution < -0.4 is 0 Å². The normalized spacial score (nSPS) is 34.2. The Morgan fingerprint density at radius 2 is 1.89 bits per heavy atom. The van der Waals surface area contributed by atoms with Gasteiger partial charge in [-0.25, -0.2) is 0 Å². The van der Waals surface area contributed by atoms with Crippen molar-refractivity contribution in [1.82, 2.24) is 9.80 Å². The number of hydrogen-bond donors (Lipinski definition) is 0. The van der Waals surface area contributed by atoms with Crippen molar-refractivity contribution in [3.8, 4) is 0 Å². The lowest BCUT2D eigenvalue weighted by Crippen LogP contribution is -2.45. The van der Waals surface area contributed by atoms with Gasteiger partial charge in [0, 0.05) is 19.7 Å². The molecule has 0 aliphatic carbocycles. The van der Waals surface area contributed by atoms with Crippen LogP contribution in [0.5, 0.6) is 0 Å². The first kappa shape index (κ1) is 12.9. The van der Waals surface area contributed by atoms with Crippen molar-refractivity contribution >= 4 is 0 Å². The van der Waals surface area contributed by atoms with Crippen LogP contribution in [0.3, 0.4) is 0 Å². The highest BCUT2D eigenvalue weighted by molar-refractivity contribution is 4.93. The minimum Gasteiger partial charge on any atom is -0.377 e. The number of rotatable bonds is 2. The molecule has 3 heterocycles. The Labute approximate surface area is 111 Å². The van der Waals surface area contributed by atoms with Gasteiger partial charge < -0.3 is 14.5 Å². The second-order valence-corrected chi connectivity index (χ2v) is 6.78. The molecule has 3 nitrogen and oxygen atoms in total. The highest BCUT2D eigenvalue weighted by atomic mass is 16.5. The summed E-state index contributed by atoms with van der Waals surface area (Å²) in [6, 6.07) is 0. The third kappa shape index (κ3) is 2.89. The van der Waals surface area contributed by atoms with E-state index in [1.54, 1.807) is 0 Å². The highest BCUT2D eigenvalue weighted by Crippen LogP contribution is 2.39. The van der Waals surface area contributed by atoms with Crippen molar-refractivity contribution in [1.29, 1.82) is 0 Å². The molecule has 3 rings (SSSR count). The zero-order valence-electron chi connectivity index (χ0n) is 11.9. The summed E-state index contributed by atoms with van der Waals surface area (Å²) in [7, 11) is 2.27. The Balaban J connectivity index is 1.45. The van der Waals surface area contributed by atoms with E-state index in [1.807, 2.05) is 0 Å². The summed E-state index contributed by atoms with van der Waals surface area (Å²) in [6.45, 7) is 7.42. The van der Waals surface area contributed by atoms with E-state index in [0.717, 1.165) is 6.61 Å². The first-order valence-corrected chi connectivity index (χ1v) is 7.78. The van der Waals surface area contributed by atoms with Crippen molar-refractivity contribution in [2.75, 3.05) is 46.4 Å². The molecule has 104 valence electrons. The summed E-state index contributed by atoms with van der Waals surface area (Å²) >= 11 is 0. The largest absolute Gasteiger partial charge is 0.377 e. The van der Waals surface area contributed by atoms with Crippen LogP contribution in [0.2, 0.25) is 0 Å². The third-order valence-corrected chi connectivity index (χ3v) is 5.28. The monoisotopic (exact) mass is 252 g/mol. The maximum absolute atomic E-state index is 5.86. The number of ether oxygens (including phenoxy) is 1. The van der Waals surface area contributed by atoms with Crippen molar-refractivity contribution < 1.29 is 4.74 Å². The Morgan fingerprint density at radius 3 is 2.50 bits per heavy atom. The second kappa shape index (κ2) is 5.48. The lowest BCUT2D eigenvalue weighted by molar-refractivity contribution is -0.0169. The Hall–Kier alpha value is -0.120. The van der Waals surface area contributed by atoms with Gasteiger partial charge in [-0.05, 0) is 70.6 Å². The fourth-order valence-corrected chi connectivity index (χ4v) is 4.02. The summed E-state index contributed by atoms with van der Waals surface area (Å²) in [5.41, 5.74) is 0.665. The van der Waals surface area contributed by atoms with Gasteiger partial charge in [-0.3, -0.25) is 0 Å². The summed E-state index contributed by atoms with van der Waals surface area (Å²) in [4.78, 5) is 5.17. The number of nitrogens with zero attached hydrogens (tertiary/aromatic N) is 2. The summed E-state index contributed by atoms with van der Waals surface area (Å²) in [6.07, 6.45) is 8.69. The molecule has 0 aromatic rings. The van der Waals surface area contributed by atoms with E-state index in [0.29, 0.717) is 11.5 Å². The molecule has 18 heavy (non-hydrogen) atoms. The molecule has 3 saturated heterocycles. The van der Waals surface area contributed by atoms with Crippen LogP contribution in [-0.4, -0.2) is 62.3 Å². The first-order valence-electron chi connectivity index (χ1n) is 7.78. The predicted molar refractivity (Wildman–Crippen MR) is 73.8 cm³/mol. The number of likely N-dealkylation sites (tertiary alicyclic amines) is 2. The third-order valence-electron chi connectivity index (χ3n) is 5.28. The molecular weight excluding hydrogens is 224 g/mol. The molecule has 0 aromatic heterocycles. The molecule has 0 N–H and O–H groups in total. The van der Waals surface area contributed by atoms with Crippen molar-refractivity contribution in [2.24, 2.45) is 5.41 Å². The second-order valence-electron chi connectivity index (χ2n) is 6.78. The van der Waals surface area contributed by atoms with E-state index in [4.69, 9.17) is 4.74 Å². The molecule has 0 amide bonds. The standard InChI is InChI=1S/C15H28N2O/c1-16-8-5-15(13-16)6-9-17(10-7-15)12-14-4-2-3-11-18-14/h14H,2-13H2,1H3. The van der Waals surface area contributed by atoms with Crippen LogP contribution in [0.15, 0.2) is 0 Å². The molecule has 1 spiro atoms. The maximum Gasteiger partial charge on any atom is 0.0702 e. The van der Waals surface area contributed by atoms with Gasteiger partial charge in [0.05, 0.1) is 6.10 Å². The smallest absolute Gasteiger partial charge is 0.0702 e. The van der Waals surface area contributed by atoms with Crippen LogP contribution in [0.25, 0.3) is 0 Å². The maximum atomic E-state index is 5.86. The molecule has 0 bridgehead atoms. The van der Waals surface area contributed by atoms with Crippen molar-refractivity contribution in [2.45, 2.75) is 44.6 Å². The van der Waals surface area contributed by atoms with Gasteiger partial charge in [0.15, 0.2) is 0 Å². The Bertz CT molecular complexity index is 268. The Kier molecular flexibility index (Phi) is 3.92. The molecule has 1 unspecified atom stereocenters. The first-order chi connectivity index (χ1) is 8.76. The fraction of sp³-hybridized carbons (Fsp3) is 1.00. The zero-order chi connectivity index (χ0) is 12.4. The topological polar surface area (TPSA) is 15.7 Å². The van der Waals surface area contributed by atoms with Gasteiger partial charge in [0.2, 0.25) is 0 Å². The van der Waals surface area contributed by atoms with E-state index in [-0.39, 0.29) is 0 Å². The van der Waals surface area contributed by atoms with Gasteiger partial charge in [0.25, 0.3) is 0 Å². The molecule has 3 fully saturated rings. The summed E-state index contributed by atoms with van der Waals surface area (Å²) < 4.78 is 5.86. The fourth-order valence-electron chi connectivity index (χ4n) is 4.02. The van der Waals surface area contributed by atoms with Gasteiger partial charge in [-0.2, -0.15) is 0 Å². The van der Waals surface area contributed by atoms with Crippen molar-refractivity contribution in [3.63, 3.8) is 0 Å². The molecule has 0 aromatic carbocycles. The van der Waals surface area contributed by atoms with E-state index in [1.165, 1.54) is 71.2 Å². The lowest BCUT2D eigenvalue weighted by Gasteiger charge is -2.40. The number of piperidine rings is 1. The van der Waals surface area contributed by atoms with Crippen molar-refractivity contribution in [3.05, 3.63) is 0 Å². The molecule has 1 atom stereocenters. The van der Waals surface area contributed by atoms with E-state index in [9.17, 15) is 0 Å². The SMILES string of the molecule is CN1CCC2(CCN(CC3CCCCO3)CC2)C1. The van der Waals surface area contributed by atoms with Crippen LogP contribution in [0.1, 0.15) is 38.5 Å². The highest BCUT2D eigenvalue weighted by Gasteiger charge is 2.39. The minimum absolute atomic E-state index is 0.527. The Morgan fingerprint density at radius 1 is 1.11 bits per heavy atom. The molecule has 0 saturated carbocycles. The molecular formula is C15H28N2O. The quantitative estimate of drug-likeness (QED) is 0.747. The van der Waals surface area contributed by atoms with E-state index in [2.05, 4.69) is 16.8 Å². The zero-order valence-corrected chi connectivity index (χ0v) is 11.9. The van der Waals surface area contributed by atoms with Gasteiger partial charge >= 0.3 is 0 Å². The number of hydrogen-bond acceptors (Lipinski definition) is 3.